The number of carbonyl (C=O) groups excluding carboxylic acids is 4. The molecule has 2 rings (SSSR count). The zero-order valence-electron chi connectivity index (χ0n) is 14.8. The molecule has 1 fully saturated rings. The van der Waals surface area contributed by atoms with E-state index in [9.17, 15) is 19.2 Å². The first kappa shape index (κ1) is 21.0. The summed E-state index contributed by atoms with van der Waals surface area (Å²) in [5.41, 5.74) is 0.450. The van der Waals surface area contributed by atoms with Crippen LogP contribution < -0.4 is 5.32 Å². The fraction of sp³-hybridized carbons (Fsp3) is 0.412. The molecule has 0 unspecified atom stereocenters. The summed E-state index contributed by atoms with van der Waals surface area (Å²) in [5.74, 6) is -0.782. The number of hydrogen-bond acceptors (Lipinski definition) is 6. The van der Waals surface area contributed by atoms with Crippen LogP contribution in [0.25, 0.3) is 0 Å². The number of para-hydroxylation sites is 1. The van der Waals surface area contributed by atoms with Gasteiger partial charge in [0, 0.05) is 25.9 Å². The van der Waals surface area contributed by atoms with Crippen molar-refractivity contribution in [3.8, 4) is 0 Å². The predicted octanol–water partition coefficient (Wildman–Crippen LogP) is 1.84. The first-order chi connectivity index (χ1) is 12.9. The number of nitrogens with zero attached hydrogens (tertiary/aromatic N) is 2. The number of rotatable bonds is 8. The Balaban J connectivity index is 1.68. The summed E-state index contributed by atoms with van der Waals surface area (Å²) in [5, 5.41) is 2.94. The van der Waals surface area contributed by atoms with Crippen molar-refractivity contribution in [3.05, 3.63) is 29.3 Å². The number of thioether (sulfide) groups is 1. The van der Waals surface area contributed by atoms with Crippen molar-refractivity contribution in [1.29, 1.82) is 0 Å². The van der Waals surface area contributed by atoms with Crippen LogP contribution in [-0.4, -0.2) is 71.9 Å². The van der Waals surface area contributed by atoms with E-state index >= 15 is 0 Å². The smallest absolute Gasteiger partial charge is 0.308 e. The highest BCUT2D eigenvalue weighted by atomic mass is 35.5. The van der Waals surface area contributed by atoms with Crippen LogP contribution in [0.2, 0.25) is 5.02 Å². The van der Waals surface area contributed by atoms with Gasteiger partial charge in [0.05, 0.1) is 23.7 Å². The molecule has 1 aliphatic rings. The number of nitrogens with one attached hydrogen (secondary N) is 1. The molecule has 1 aromatic rings. The van der Waals surface area contributed by atoms with Crippen LogP contribution in [0.3, 0.4) is 0 Å². The summed E-state index contributed by atoms with van der Waals surface area (Å²) < 4.78 is 4.91. The SMILES string of the molecule is CN(CC(=O)Nc1ccccc1Cl)C(=O)COC(=O)CCN1CCSC1=O. The number of halogens is 1. The lowest BCUT2D eigenvalue weighted by Crippen LogP contribution is -2.37. The molecule has 3 amide bonds. The Morgan fingerprint density at radius 1 is 1.33 bits per heavy atom. The normalized spacial score (nSPS) is 13.4. The number of anilines is 1. The Bertz CT molecular complexity index is 730. The molecule has 0 saturated carbocycles. The van der Waals surface area contributed by atoms with Crippen LogP contribution >= 0.6 is 23.4 Å². The van der Waals surface area contributed by atoms with E-state index in [-0.39, 0.29) is 24.7 Å². The fourth-order valence-electron chi connectivity index (χ4n) is 2.24. The Kier molecular flexibility index (Phi) is 7.93. The first-order valence-electron chi connectivity index (χ1n) is 8.22. The third-order valence-corrected chi connectivity index (χ3v) is 4.96. The molecule has 1 heterocycles. The molecule has 1 aliphatic heterocycles. The van der Waals surface area contributed by atoms with Gasteiger partial charge in [-0.1, -0.05) is 35.5 Å². The van der Waals surface area contributed by atoms with Gasteiger partial charge < -0.3 is 19.9 Å². The summed E-state index contributed by atoms with van der Waals surface area (Å²) in [6.45, 7) is 0.215. The van der Waals surface area contributed by atoms with Crippen LogP contribution in [-0.2, 0) is 19.1 Å². The average molecular weight is 414 g/mol. The molecular formula is C17H20ClN3O5S. The van der Waals surface area contributed by atoms with Gasteiger partial charge in [0.25, 0.3) is 11.1 Å². The Labute approximate surface area is 166 Å². The molecule has 10 heteroatoms. The second-order valence-corrected chi connectivity index (χ2v) is 7.24. The highest BCUT2D eigenvalue weighted by Gasteiger charge is 2.22. The van der Waals surface area contributed by atoms with Crippen molar-refractivity contribution in [3.63, 3.8) is 0 Å². The van der Waals surface area contributed by atoms with Gasteiger partial charge in [-0.3, -0.25) is 19.2 Å². The largest absolute Gasteiger partial charge is 0.456 e. The summed E-state index contributed by atoms with van der Waals surface area (Å²) in [4.78, 5) is 49.8. The number of hydrogen-bond donors (Lipinski definition) is 1. The van der Waals surface area contributed by atoms with Crippen molar-refractivity contribution < 1.29 is 23.9 Å². The highest BCUT2D eigenvalue weighted by Crippen LogP contribution is 2.20. The molecule has 0 bridgehead atoms. The second-order valence-electron chi connectivity index (χ2n) is 5.79. The van der Waals surface area contributed by atoms with E-state index in [4.69, 9.17) is 16.3 Å². The van der Waals surface area contributed by atoms with Gasteiger partial charge in [-0.2, -0.15) is 0 Å². The van der Waals surface area contributed by atoms with Gasteiger partial charge in [-0.15, -0.1) is 0 Å². The monoisotopic (exact) mass is 413 g/mol. The topological polar surface area (TPSA) is 96.0 Å². The van der Waals surface area contributed by atoms with Gasteiger partial charge >= 0.3 is 5.97 Å². The summed E-state index contributed by atoms with van der Waals surface area (Å²) >= 11 is 7.17. The fourth-order valence-corrected chi connectivity index (χ4v) is 3.27. The maximum Gasteiger partial charge on any atom is 0.308 e. The number of ether oxygens (including phenoxy) is 1. The van der Waals surface area contributed by atoms with Crippen LogP contribution in [0.1, 0.15) is 6.42 Å². The molecule has 1 saturated heterocycles. The molecule has 0 aliphatic carbocycles. The second kappa shape index (κ2) is 10.2. The lowest BCUT2D eigenvalue weighted by Gasteiger charge is -2.17. The van der Waals surface area contributed by atoms with E-state index in [1.165, 1.54) is 18.8 Å². The van der Waals surface area contributed by atoms with E-state index in [1.807, 2.05) is 0 Å². The Morgan fingerprint density at radius 2 is 2.07 bits per heavy atom. The standard InChI is InChI=1S/C17H20ClN3O5S/c1-20(10-14(22)19-13-5-3-2-4-12(13)18)15(23)11-26-16(24)6-7-21-8-9-27-17(21)25/h2-5H,6-11H2,1H3,(H,19,22). The van der Waals surface area contributed by atoms with E-state index < -0.39 is 24.4 Å². The van der Waals surface area contributed by atoms with Crippen LogP contribution in [0.4, 0.5) is 10.5 Å². The molecular weight excluding hydrogens is 394 g/mol. The quantitative estimate of drug-likeness (QED) is 0.653. The zero-order chi connectivity index (χ0) is 19.8. The van der Waals surface area contributed by atoms with Crippen molar-refractivity contribution in [1.82, 2.24) is 9.80 Å². The number of amides is 3. The number of benzene rings is 1. The predicted molar refractivity (Wildman–Crippen MR) is 103 cm³/mol. The molecule has 0 atom stereocenters. The molecule has 0 spiro atoms. The number of carbonyl (C=O) groups is 4. The van der Waals surface area contributed by atoms with Crippen LogP contribution in [0.5, 0.6) is 0 Å². The van der Waals surface area contributed by atoms with Crippen molar-refractivity contribution in [2.45, 2.75) is 6.42 Å². The molecule has 27 heavy (non-hydrogen) atoms. The van der Waals surface area contributed by atoms with Crippen molar-refractivity contribution >= 4 is 52.1 Å². The third kappa shape index (κ3) is 6.76. The molecule has 146 valence electrons. The minimum absolute atomic E-state index is 0.0241. The van der Waals surface area contributed by atoms with Gasteiger partial charge in [-0.25, -0.2) is 0 Å². The Hall–Kier alpha value is -2.26. The van der Waals surface area contributed by atoms with Gasteiger partial charge in [0.1, 0.15) is 0 Å². The molecule has 0 aromatic heterocycles. The van der Waals surface area contributed by atoms with Gasteiger partial charge in [0.2, 0.25) is 5.91 Å². The van der Waals surface area contributed by atoms with E-state index in [0.717, 1.165) is 4.90 Å². The van der Waals surface area contributed by atoms with Crippen molar-refractivity contribution in [2.75, 3.05) is 44.4 Å². The van der Waals surface area contributed by atoms with Gasteiger partial charge in [0.15, 0.2) is 6.61 Å². The molecule has 0 radical (unpaired) electrons. The van der Waals surface area contributed by atoms with Crippen LogP contribution in [0.15, 0.2) is 24.3 Å². The third-order valence-electron chi connectivity index (χ3n) is 3.74. The molecule has 1 N–H and O–H groups in total. The zero-order valence-corrected chi connectivity index (χ0v) is 16.3. The highest BCUT2D eigenvalue weighted by molar-refractivity contribution is 8.13. The maximum absolute atomic E-state index is 12.0. The number of esters is 1. The molecule has 8 nitrogen and oxygen atoms in total. The lowest BCUT2D eigenvalue weighted by molar-refractivity contribution is -0.151. The van der Waals surface area contributed by atoms with Crippen molar-refractivity contribution in [2.24, 2.45) is 0 Å². The Morgan fingerprint density at radius 3 is 2.74 bits per heavy atom. The minimum Gasteiger partial charge on any atom is -0.456 e. The minimum atomic E-state index is -0.568. The first-order valence-corrected chi connectivity index (χ1v) is 9.59. The molecule has 1 aromatic carbocycles. The maximum atomic E-state index is 12.0. The van der Waals surface area contributed by atoms with E-state index in [1.54, 1.807) is 29.2 Å². The van der Waals surface area contributed by atoms with E-state index in [2.05, 4.69) is 5.32 Å². The summed E-state index contributed by atoms with van der Waals surface area (Å²) in [7, 11) is 1.43. The van der Waals surface area contributed by atoms with E-state index in [0.29, 0.717) is 23.0 Å². The summed E-state index contributed by atoms with van der Waals surface area (Å²) in [6, 6.07) is 6.75. The summed E-state index contributed by atoms with van der Waals surface area (Å²) in [6.07, 6.45) is 0.0241. The van der Waals surface area contributed by atoms with Gasteiger partial charge in [-0.05, 0) is 12.1 Å². The van der Waals surface area contributed by atoms with Crippen LogP contribution in [0, 0.1) is 0 Å². The number of likely N-dealkylation sites (N-methyl/N-ethyl adjacent to an activating group) is 1. The average Bonchev–Trinajstić information content (AvgIpc) is 3.04. The lowest BCUT2D eigenvalue weighted by atomic mass is 10.3.